The van der Waals surface area contributed by atoms with Gasteiger partial charge in [-0.05, 0) is 84.1 Å². The Bertz CT molecular complexity index is 1910. The summed E-state index contributed by atoms with van der Waals surface area (Å²) in [6, 6.07) is 7.97. The van der Waals surface area contributed by atoms with Gasteiger partial charge in [0.2, 0.25) is 10.0 Å². The Morgan fingerprint density at radius 2 is 1.87 bits per heavy atom. The highest BCUT2D eigenvalue weighted by Gasteiger charge is 2.40. The molecule has 0 bridgehead atoms. The Morgan fingerprint density at radius 1 is 1.11 bits per heavy atom. The molecule has 4 N–H and O–H groups in total. The largest absolute Gasteiger partial charge is 0.476 e. The Kier molecular flexibility index (Phi) is 8.46. The molecule has 2 aliphatic carbocycles. The SMILES string of the molecule is N[S+](=O)(O)c1ccc(Cc2c(-c3ccc(F)c(C4=CCC(C(F)(F)F)CC4)c3)nn(-c3nc(C(=O)O)cs3)c2CC2CC2)cc1F. The molecule has 2 atom stereocenters. The summed E-state index contributed by atoms with van der Waals surface area (Å²) in [5.41, 5.74) is 3.00. The van der Waals surface area contributed by atoms with E-state index in [1.54, 1.807) is 4.68 Å². The summed E-state index contributed by atoms with van der Waals surface area (Å²) in [4.78, 5) is 15.3. The van der Waals surface area contributed by atoms with Gasteiger partial charge < -0.3 is 5.11 Å². The minimum absolute atomic E-state index is 0.0384. The Hall–Kier alpha value is -3.79. The van der Waals surface area contributed by atoms with Crippen LogP contribution in [0.5, 0.6) is 0 Å². The fourth-order valence-electron chi connectivity index (χ4n) is 5.72. The molecule has 4 aromatic rings. The molecule has 15 heteroatoms. The van der Waals surface area contributed by atoms with Crippen LogP contribution in [0.15, 0.2) is 52.7 Å². The second kappa shape index (κ2) is 12.1. The van der Waals surface area contributed by atoms with Gasteiger partial charge in [-0.25, -0.2) is 23.2 Å². The maximum Gasteiger partial charge on any atom is 0.392 e. The molecule has 0 saturated heterocycles. The van der Waals surface area contributed by atoms with Gasteiger partial charge in [-0.2, -0.15) is 22.8 Å². The van der Waals surface area contributed by atoms with E-state index in [9.17, 15) is 36.2 Å². The smallest absolute Gasteiger partial charge is 0.392 e. The van der Waals surface area contributed by atoms with Crippen molar-refractivity contribution in [1.29, 1.82) is 0 Å². The lowest BCUT2D eigenvalue weighted by molar-refractivity contribution is -0.175. The lowest BCUT2D eigenvalue weighted by atomic mass is 9.85. The van der Waals surface area contributed by atoms with E-state index in [1.807, 2.05) is 0 Å². The summed E-state index contributed by atoms with van der Waals surface area (Å²) >= 11 is 1.07. The molecule has 0 aliphatic heterocycles. The second-order valence-corrected chi connectivity index (χ2v) is 14.0. The Labute approximate surface area is 265 Å². The predicted molar refractivity (Wildman–Crippen MR) is 162 cm³/mol. The van der Waals surface area contributed by atoms with Crippen LogP contribution in [0.2, 0.25) is 0 Å². The van der Waals surface area contributed by atoms with Crippen molar-refractivity contribution in [3.05, 3.63) is 87.6 Å². The van der Waals surface area contributed by atoms with Crippen molar-refractivity contribution in [2.24, 2.45) is 17.0 Å². The molecule has 0 amide bonds. The molecular weight excluding hydrogens is 651 g/mol. The normalized spacial score (nSPS) is 18.3. The molecule has 8 nitrogen and oxygen atoms in total. The summed E-state index contributed by atoms with van der Waals surface area (Å²) in [6.07, 6.45) is -0.759. The molecular formula is C31H28F5N4O4S2+. The predicted octanol–water partition coefficient (Wildman–Crippen LogP) is 7.47. The number of carboxylic acids is 1. The number of carbonyl (C=O) groups is 1. The van der Waals surface area contributed by atoms with Gasteiger partial charge in [0, 0.05) is 34.6 Å². The molecule has 2 aromatic heterocycles. The lowest BCUT2D eigenvalue weighted by Gasteiger charge is -2.24. The van der Waals surface area contributed by atoms with Gasteiger partial charge in [-0.3, -0.25) is 0 Å². The summed E-state index contributed by atoms with van der Waals surface area (Å²) in [5.74, 6) is -3.96. The van der Waals surface area contributed by atoms with Crippen molar-refractivity contribution in [3.8, 4) is 16.4 Å². The molecule has 0 spiro atoms. The third kappa shape index (κ3) is 6.68. The molecule has 242 valence electrons. The molecule has 2 aliphatic rings. The van der Waals surface area contributed by atoms with Crippen molar-refractivity contribution in [2.75, 3.05) is 0 Å². The number of alkyl halides is 3. The summed E-state index contributed by atoms with van der Waals surface area (Å²) in [7, 11) is -4.06. The number of aromatic carboxylic acids is 1. The van der Waals surface area contributed by atoms with Crippen molar-refractivity contribution in [3.63, 3.8) is 0 Å². The average molecular weight is 680 g/mol. The zero-order valence-corrected chi connectivity index (χ0v) is 25.7. The number of allylic oxidation sites excluding steroid dienone is 2. The molecule has 1 fully saturated rings. The number of rotatable bonds is 9. The van der Waals surface area contributed by atoms with Gasteiger partial charge in [0.15, 0.2) is 11.5 Å². The first-order chi connectivity index (χ1) is 21.7. The summed E-state index contributed by atoms with van der Waals surface area (Å²) in [5, 5.41) is 21.2. The third-order valence-electron chi connectivity index (χ3n) is 8.31. The maximum atomic E-state index is 15.2. The molecule has 0 radical (unpaired) electrons. The number of aromatic nitrogens is 3. The zero-order valence-electron chi connectivity index (χ0n) is 24.1. The van der Waals surface area contributed by atoms with E-state index in [2.05, 4.69) is 4.98 Å². The number of thiazole rings is 1. The number of carboxylic acid groups (broad SMARTS) is 1. The minimum atomic E-state index is -4.34. The van der Waals surface area contributed by atoms with E-state index in [0.717, 1.165) is 36.3 Å². The van der Waals surface area contributed by atoms with Crippen LogP contribution >= 0.6 is 11.3 Å². The summed E-state index contributed by atoms with van der Waals surface area (Å²) < 4.78 is 93.1. The van der Waals surface area contributed by atoms with Gasteiger partial charge in [0.25, 0.3) is 0 Å². The van der Waals surface area contributed by atoms with E-state index in [0.29, 0.717) is 46.0 Å². The average Bonchev–Trinajstić information content (AvgIpc) is 3.54. The molecule has 46 heavy (non-hydrogen) atoms. The highest BCUT2D eigenvalue weighted by molar-refractivity contribution is 7.95. The van der Waals surface area contributed by atoms with Crippen molar-refractivity contribution in [1.82, 2.24) is 14.8 Å². The van der Waals surface area contributed by atoms with Gasteiger partial charge >= 0.3 is 22.5 Å². The van der Waals surface area contributed by atoms with Crippen LogP contribution in [0, 0.1) is 23.5 Å². The first-order valence-corrected chi connectivity index (χ1v) is 16.8. The van der Waals surface area contributed by atoms with Crippen LogP contribution in [0.1, 0.15) is 65.0 Å². The van der Waals surface area contributed by atoms with E-state index in [4.69, 9.17) is 10.2 Å². The Morgan fingerprint density at radius 3 is 2.46 bits per heavy atom. The monoisotopic (exact) mass is 679 g/mol. The number of nitrogens with two attached hydrogens (primary N) is 1. The molecule has 6 rings (SSSR count). The number of hydrogen-bond donors (Lipinski definition) is 3. The van der Waals surface area contributed by atoms with Crippen LogP contribution in [0.3, 0.4) is 0 Å². The first kappa shape index (κ1) is 32.2. The van der Waals surface area contributed by atoms with Gasteiger partial charge in [-0.15, -0.1) is 16.5 Å². The van der Waals surface area contributed by atoms with E-state index in [1.165, 1.54) is 35.7 Å². The van der Waals surface area contributed by atoms with Gasteiger partial charge in [0.1, 0.15) is 5.82 Å². The molecule has 2 aromatic carbocycles. The molecule has 2 unspecified atom stereocenters. The quantitative estimate of drug-likeness (QED) is 0.124. The molecule has 2 heterocycles. The topological polar surface area (TPSA) is 131 Å². The van der Waals surface area contributed by atoms with E-state index >= 15 is 4.39 Å². The van der Waals surface area contributed by atoms with Crippen LogP contribution in [-0.4, -0.2) is 36.6 Å². The van der Waals surface area contributed by atoms with Crippen molar-refractivity contribution >= 4 is 33.3 Å². The van der Waals surface area contributed by atoms with Crippen LogP contribution in [0.4, 0.5) is 22.0 Å². The number of halogens is 5. The fraction of sp³-hybridized carbons (Fsp3) is 0.323. The minimum Gasteiger partial charge on any atom is -0.476 e. The van der Waals surface area contributed by atoms with Crippen LogP contribution in [0.25, 0.3) is 22.0 Å². The second-order valence-electron chi connectivity index (χ2n) is 11.6. The maximum absolute atomic E-state index is 15.2. The number of nitrogens with zero attached hydrogens (tertiary/aromatic N) is 3. The van der Waals surface area contributed by atoms with E-state index < -0.39 is 45.0 Å². The summed E-state index contributed by atoms with van der Waals surface area (Å²) in [6.45, 7) is 0. The van der Waals surface area contributed by atoms with Crippen LogP contribution in [-0.2, 0) is 27.5 Å². The van der Waals surface area contributed by atoms with E-state index in [-0.39, 0.29) is 42.1 Å². The zero-order chi connectivity index (χ0) is 33.0. The van der Waals surface area contributed by atoms with Gasteiger partial charge in [-0.1, -0.05) is 12.1 Å². The van der Waals surface area contributed by atoms with Crippen molar-refractivity contribution in [2.45, 2.75) is 56.0 Å². The highest BCUT2D eigenvalue weighted by Crippen LogP contribution is 2.42. The first-order valence-electron chi connectivity index (χ1n) is 14.4. The number of hydrogen-bond acceptors (Lipinski definition) is 5. The highest BCUT2D eigenvalue weighted by atomic mass is 32.3. The lowest BCUT2D eigenvalue weighted by Crippen LogP contribution is -2.24. The third-order valence-corrected chi connectivity index (χ3v) is 10.1. The van der Waals surface area contributed by atoms with Crippen LogP contribution < -0.4 is 5.14 Å². The van der Waals surface area contributed by atoms with Gasteiger partial charge in [0.05, 0.1) is 17.3 Å². The molecule has 1 saturated carbocycles. The number of benzene rings is 2. The fourth-order valence-corrected chi connectivity index (χ4v) is 7.09. The Balaban J connectivity index is 1.49. The van der Waals surface area contributed by atoms with Crippen molar-refractivity contribution < 1.29 is 40.6 Å². The standard InChI is InChI=1S/C31H27F5N4O4S2/c32-23-9-6-19(14-21(23)18-4-7-20(8-5-18)31(34,35)36)28-22(11-17-3-10-27(24(33)12-17)46(37,43)44)26(13-16-1-2-16)40(39-28)30-38-25(15-45-30)29(41)42/h3-4,6,9-10,12,14-16,20H,1-2,5,7-8,11,13H2,(H3-,37,41,42,43,44)/p+1.